The van der Waals surface area contributed by atoms with Crippen molar-refractivity contribution < 1.29 is 13.9 Å². The quantitative estimate of drug-likeness (QED) is 0.592. The van der Waals surface area contributed by atoms with Crippen molar-refractivity contribution in [3.05, 3.63) is 48.3 Å². The Kier molecular flexibility index (Phi) is 6.10. The van der Waals surface area contributed by atoms with Gasteiger partial charge in [0.15, 0.2) is 11.6 Å². The van der Waals surface area contributed by atoms with Gasteiger partial charge < -0.3 is 4.74 Å². The Labute approximate surface area is 164 Å². The zero-order valence-electron chi connectivity index (χ0n) is 16.1. The number of fused-ring (bicyclic) bond motifs is 1. The summed E-state index contributed by atoms with van der Waals surface area (Å²) in [5, 5.41) is 0. The van der Waals surface area contributed by atoms with Crippen LogP contribution >= 0.6 is 11.8 Å². The number of nitrogens with zero attached hydrogens (tertiary/aromatic N) is 1. The van der Waals surface area contributed by atoms with E-state index in [-0.39, 0.29) is 11.7 Å². The number of para-hydroxylation sites is 1. The lowest BCUT2D eigenvalue weighted by atomic mass is 9.80. The monoisotopic (exact) mass is 387 g/mol. The summed E-state index contributed by atoms with van der Waals surface area (Å²) in [5.74, 6) is 0.496. The van der Waals surface area contributed by atoms with Crippen LogP contribution in [0.25, 0.3) is 0 Å². The number of hydrogen-bond acceptors (Lipinski definition) is 3. The van der Waals surface area contributed by atoms with Gasteiger partial charge in [0.05, 0.1) is 18.2 Å². The standard InChI is InChI=1S/C22H26FNO2S/c1-4-6-12-22(5-2)15-27-20-14-19(26-3)17(23)13-18(20)24(21(22)25)16-10-8-7-9-11-16/h7-11,13-14H,4-6,12,15H2,1-3H3. The topological polar surface area (TPSA) is 29.5 Å². The highest BCUT2D eigenvalue weighted by atomic mass is 32.2. The second kappa shape index (κ2) is 8.34. The summed E-state index contributed by atoms with van der Waals surface area (Å²) >= 11 is 1.62. The third-order valence-electron chi connectivity index (χ3n) is 5.34. The molecule has 0 aliphatic carbocycles. The Bertz CT molecular complexity index is 811. The van der Waals surface area contributed by atoms with Gasteiger partial charge >= 0.3 is 0 Å². The molecule has 0 saturated heterocycles. The van der Waals surface area contributed by atoms with E-state index >= 15 is 0 Å². The highest BCUT2D eigenvalue weighted by Crippen LogP contribution is 2.48. The summed E-state index contributed by atoms with van der Waals surface area (Å²) in [6.07, 6.45) is 3.63. The molecular weight excluding hydrogens is 361 g/mol. The van der Waals surface area contributed by atoms with Crippen LogP contribution in [-0.4, -0.2) is 18.8 Å². The molecule has 5 heteroatoms. The van der Waals surface area contributed by atoms with Crippen LogP contribution in [0.1, 0.15) is 39.5 Å². The van der Waals surface area contributed by atoms with Crippen LogP contribution < -0.4 is 9.64 Å². The molecule has 3 rings (SSSR count). The summed E-state index contributed by atoms with van der Waals surface area (Å²) in [5.41, 5.74) is 0.908. The highest BCUT2D eigenvalue weighted by Gasteiger charge is 2.43. The third kappa shape index (κ3) is 3.70. The molecule has 0 spiro atoms. The van der Waals surface area contributed by atoms with Gasteiger partial charge in [-0.25, -0.2) is 4.39 Å². The van der Waals surface area contributed by atoms with E-state index in [1.165, 1.54) is 13.2 Å². The minimum absolute atomic E-state index is 0.0560. The van der Waals surface area contributed by atoms with E-state index in [1.54, 1.807) is 22.7 Å². The molecule has 3 nitrogen and oxygen atoms in total. The summed E-state index contributed by atoms with van der Waals surface area (Å²) in [6.45, 7) is 4.22. The predicted molar refractivity (Wildman–Crippen MR) is 110 cm³/mol. The van der Waals surface area contributed by atoms with Crippen molar-refractivity contribution in [3.63, 3.8) is 0 Å². The van der Waals surface area contributed by atoms with E-state index in [0.717, 1.165) is 36.3 Å². The van der Waals surface area contributed by atoms with E-state index in [0.29, 0.717) is 11.4 Å². The molecule has 0 saturated carbocycles. The number of hydrogen-bond donors (Lipinski definition) is 0. The van der Waals surface area contributed by atoms with Gasteiger partial charge in [0.1, 0.15) is 0 Å². The molecule has 0 fully saturated rings. The Hall–Kier alpha value is -2.01. The summed E-state index contributed by atoms with van der Waals surface area (Å²) < 4.78 is 19.7. The molecule has 1 aliphatic rings. The number of amides is 1. The zero-order chi connectivity index (χ0) is 19.4. The highest BCUT2D eigenvalue weighted by molar-refractivity contribution is 7.99. The molecule has 1 amide bonds. The van der Waals surface area contributed by atoms with Crippen molar-refractivity contribution in [2.45, 2.75) is 44.4 Å². The van der Waals surface area contributed by atoms with Gasteiger partial charge in [0.2, 0.25) is 5.91 Å². The molecule has 0 N–H and O–H groups in total. The molecule has 1 unspecified atom stereocenters. The SMILES string of the molecule is CCCCC1(CC)CSc2cc(OC)c(F)cc2N(c2ccccc2)C1=O. The van der Waals surface area contributed by atoms with E-state index in [4.69, 9.17) is 4.74 Å². The zero-order valence-corrected chi connectivity index (χ0v) is 16.9. The average Bonchev–Trinajstić information content (AvgIpc) is 2.81. The summed E-state index contributed by atoms with van der Waals surface area (Å²) in [7, 11) is 1.46. The van der Waals surface area contributed by atoms with Crippen LogP contribution in [0, 0.1) is 11.2 Å². The van der Waals surface area contributed by atoms with Crippen LogP contribution in [-0.2, 0) is 4.79 Å². The van der Waals surface area contributed by atoms with Gasteiger partial charge in [0, 0.05) is 22.4 Å². The van der Waals surface area contributed by atoms with E-state index in [9.17, 15) is 9.18 Å². The Morgan fingerprint density at radius 1 is 1.22 bits per heavy atom. The fourth-order valence-electron chi connectivity index (χ4n) is 3.55. The van der Waals surface area contributed by atoms with Crippen molar-refractivity contribution in [2.75, 3.05) is 17.8 Å². The minimum atomic E-state index is -0.459. The molecule has 144 valence electrons. The second-order valence-electron chi connectivity index (χ2n) is 6.96. The van der Waals surface area contributed by atoms with Crippen molar-refractivity contribution in [2.24, 2.45) is 5.41 Å². The number of ether oxygens (including phenoxy) is 1. The summed E-state index contributed by atoms with van der Waals surface area (Å²) in [6, 6.07) is 12.7. The molecular formula is C22H26FNO2S. The van der Waals surface area contributed by atoms with E-state index in [2.05, 4.69) is 13.8 Å². The van der Waals surface area contributed by atoms with Crippen molar-refractivity contribution >= 4 is 29.0 Å². The smallest absolute Gasteiger partial charge is 0.238 e. The number of unbranched alkanes of at least 4 members (excludes halogenated alkanes) is 1. The lowest BCUT2D eigenvalue weighted by Crippen LogP contribution is -2.42. The van der Waals surface area contributed by atoms with Gasteiger partial charge in [-0.3, -0.25) is 9.69 Å². The molecule has 1 atom stereocenters. The van der Waals surface area contributed by atoms with Gasteiger partial charge in [-0.15, -0.1) is 11.8 Å². The van der Waals surface area contributed by atoms with Crippen molar-refractivity contribution in [1.82, 2.24) is 0 Å². The number of carbonyl (C=O) groups excluding carboxylic acids is 1. The molecule has 2 aromatic carbocycles. The van der Waals surface area contributed by atoms with Gasteiger partial charge in [-0.1, -0.05) is 44.9 Å². The fourth-order valence-corrected chi connectivity index (χ4v) is 4.95. The number of rotatable bonds is 6. The molecule has 2 aromatic rings. The molecule has 27 heavy (non-hydrogen) atoms. The van der Waals surface area contributed by atoms with Gasteiger partial charge in [-0.05, 0) is 31.0 Å². The van der Waals surface area contributed by atoms with Crippen molar-refractivity contribution in [3.8, 4) is 5.75 Å². The van der Waals surface area contributed by atoms with Gasteiger partial charge in [-0.2, -0.15) is 0 Å². The first kappa shape index (κ1) is 19.7. The lowest BCUT2D eigenvalue weighted by Gasteiger charge is -2.34. The maximum Gasteiger partial charge on any atom is 0.238 e. The number of benzene rings is 2. The van der Waals surface area contributed by atoms with Crippen LogP contribution in [0.3, 0.4) is 0 Å². The lowest BCUT2D eigenvalue weighted by molar-refractivity contribution is -0.126. The fraction of sp³-hybridized carbons (Fsp3) is 0.409. The molecule has 0 radical (unpaired) electrons. The first-order valence-corrected chi connectivity index (χ1v) is 10.4. The number of halogens is 1. The van der Waals surface area contributed by atoms with E-state index < -0.39 is 11.2 Å². The van der Waals surface area contributed by atoms with Crippen LogP contribution in [0.15, 0.2) is 47.4 Å². The normalized spacial score (nSPS) is 19.6. The third-order valence-corrected chi connectivity index (χ3v) is 6.67. The average molecular weight is 388 g/mol. The van der Waals surface area contributed by atoms with Crippen molar-refractivity contribution in [1.29, 1.82) is 0 Å². The second-order valence-corrected chi connectivity index (χ2v) is 7.97. The number of thioether (sulfide) groups is 1. The Morgan fingerprint density at radius 3 is 2.59 bits per heavy atom. The number of anilines is 2. The number of carbonyl (C=O) groups is 1. The maximum atomic E-state index is 14.5. The largest absolute Gasteiger partial charge is 0.494 e. The van der Waals surface area contributed by atoms with Crippen LogP contribution in [0.5, 0.6) is 5.75 Å². The van der Waals surface area contributed by atoms with Crippen LogP contribution in [0.4, 0.5) is 15.8 Å². The van der Waals surface area contributed by atoms with Crippen LogP contribution in [0.2, 0.25) is 0 Å². The minimum Gasteiger partial charge on any atom is -0.494 e. The predicted octanol–water partition coefficient (Wildman–Crippen LogP) is 6.19. The number of methoxy groups -OCH3 is 1. The molecule has 1 aliphatic heterocycles. The maximum absolute atomic E-state index is 14.5. The van der Waals surface area contributed by atoms with Gasteiger partial charge in [0.25, 0.3) is 0 Å². The molecule has 1 heterocycles. The Morgan fingerprint density at radius 2 is 1.96 bits per heavy atom. The first-order valence-electron chi connectivity index (χ1n) is 9.46. The first-order chi connectivity index (χ1) is 13.1. The summed E-state index contributed by atoms with van der Waals surface area (Å²) in [4.78, 5) is 16.4. The molecule has 0 aromatic heterocycles. The Balaban J connectivity index is 2.18. The molecule has 0 bridgehead atoms. The van der Waals surface area contributed by atoms with E-state index in [1.807, 2.05) is 30.3 Å².